The zero-order valence-electron chi connectivity index (χ0n) is 33.0. The molecule has 8 rings (SSSR count). The number of aryl methyl sites for hydroxylation is 4. The van der Waals surface area contributed by atoms with Gasteiger partial charge in [-0.05, 0) is 147 Å². The second-order valence-electron chi connectivity index (χ2n) is 14.7. The van der Waals surface area contributed by atoms with Gasteiger partial charge in [-0.25, -0.2) is 18.4 Å². The van der Waals surface area contributed by atoms with Crippen LogP contribution in [0.4, 0.5) is 34.1 Å². The quantitative estimate of drug-likeness (QED) is 0.0805. The topological polar surface area (TPSA) is 76.3 Å². The summed E-state index contributed by atoms with van der Waals surface area (Å²) in [5, 5.41) is 0. The SMILES string of the molecule is O=S(=O)(c1ccc(N(c2ccccc2)c2ccc(CCCCn3ccnc3)cc2)cc1)c1ccc(N(c2ccccc2)c2ccc(CCCCn3ccnc3)cc2)cc1. The van der Waals surface area contributed by atoms with Crippen LogP contribution in [0.1, 0.15) is 36.8 Å². The van der Waals surface area contributed by atoms with Crippen LogP contribution in [0.25, 0.3) is 0 Å². The molecule has 0 atom stereocenters. The molecule has 59 heavy (non-hydrogen) atoms. The third kappa shape index (κ3) is 9.71. The van der Waals surface area contributed by atoms with Crippen molar-refractivity contribution in [3.63, 3.8) is 0 Å². The highest BCUT2D eigenvalue weighted by atomic mass is 32.2. The molecule has 8 aromatic rings. The summed E-state index contributed by atoms with van der Waals surface area (Å²) in [5.74, 6) is 0. The first-order valence-corrected chi connectivity index (χ1v) is 21.7. The summed E-state index contributed by atoms with van der Waals surface area (Å²) in [6.07, 6.45) is 17.7. The lowest BCUT2D eigenvalue weighted by Crippen LogP contribution is -2.11. The van der Waals surface area contributed by atoms with E-state index >= 15 is 0 Å². The van der Waals surface area contributed by atoms with E-state index in [4.69, 9.17) is 0 Å². The number of unbranched alkanes of at least 4 members (excludes halogenated alkanes) is 2. The molecule has 0 saturated heterocycles. The molecule has 0 fully saturated rings. The Kier molecular flexibility index (Phi) is 12.4. The van der Waals surface area contributed by atoms with E-state index in [0.717, 1.165) is 85.7 Å². The first-order valence-electron chi connectivity index (χ1n) is 20.3. The molecular formula is C50H48N6O2S. The van der Waals surface area contributed by atoms with Gasteiger partial charge in [0.1, 0.15) is 0 Å². The second-order valence-corrected chi connectivity index (χ2v) is 16.6. The number of anilines is 6. The van der Waals surface area contributed by atoms with Gasteiger partial charge in [0, 0.05) is 72.0 Å². The van der Waals surface area contributed by atoms with Gasteiger partial charge in [-0.3, -0.25) is 0 Å². The fourth-order valence-electron chi connectivity index (χ4n) is 7.44. The van der Waals surface area contributed by atoms with Gasteiger partial charge in [0.25, 0.3) is 0 Å². The molecule has 0 N–H and O–H groups in total. The lowest BCUT2D eigenvalue weighted by Gasteiger charge is -2.26. The van der Waals surface area contributed by atoms with E-state index in [1.54, 1.807) is 24.3 Å². The molecule has 0 unspecified atom stereocenters. The molecular weight excluding hydrogens is 749 g/mol. The van der Waals surface area contributed by atoms with Crippen LogP contribution in [0.2, 0.25) is 0 Å². The molecule has 0 aliphatic heterocycles. The maximum atomic E-state index is 14.1. The Morgan fingerprint density at radius 3 is 1.08 bits per heavy atom. The Labute approximate surface area is 347 Å². The van der Waals surface area contributed by atoms with Crippen molar-refractivity contribution in [2.45, 2.75) is 61.4 Å². The standard InChI is InChI=1S/C50H48N6O2S/c57-59(58,49-29-25-47(26-30-49)55(43-13-3-1-4-14-43)45-21-17-41(18-22-45)11-7-9-35-53-37-33-51-39-53)50-31-27-48(28-32-50)56(44-15-5-2-6-16-44)46-23-19-42(20-24-46)12-8-10-36-54-38-34-52-40-54/h1-6,13-34,37-40H,7-12,35-36H2. The van der Waals surface area contributed by atoms with Crippen LogP contribution in [-0.2, 0) is 35.8 Å². The Bertz CT molecular complexity index is 2400. The molecule has 2 aromatic heterocycles. The maximum absolute atomic E-state index is 14.1. The lowest BCUT2D eigenvalue weighted by molar-refractivity contribution is 0.596. The third-order valence-electron chi connectivity index (χ3n) is 10.6. The molecule has 0 aliphatic carbocycles. The van der Waals surface area contributed by atoms with Gasteiger partial charge in [0.15, 0.2) is 0 Å². The minimum Gasteiger partial charge on any atom is -0.337 e. The first kappa shape index (κ1) is 39.1. The van der Waals surface area contributed by atoms with Crippen molar-refractivity contribution in [1.82, 2.24) is 19.1 Å². The summed E-state index contributed by atoms with van der Waals surface area (Å²) in [6, 6.07) is 52.0. The Morgan fingerprint density at radius 2 is 0.746 bits per heavy atom. The zero-order chi connectivity index (χ0) is 40.3. The highest BCUT2D eigenvalue weighted by Crippen LogP contribution is 2.38. The summed E-state index contributed by atoms with van der Waals surface area (Å²) in [5.41, 5.74) is 8.31. The normalized spacial score (nSPS) is 11.4. The molecule has 0 amide bonds. The molecule has 296 valence electrons. The van der Waals surface area contributed by atoms with E-state index in [-0.39, 0.29) is 9.79 Å². The number of para-hydroxylation sites is 2. The fourth-order valence-corrected chi connectivity index (χ4v) is 8.70. The third-order valence-corrected chi connectivity index (χ3v) is 12.4. The fraction of sp³-hybridized carbons (Fsp3) is 0.160. The van der Waals surface area contributed by atoms with Gasteiger partial charge in [0.2, 0.25) is 9.84 Å². The number of nitrogens with zero attached hydrogens (tertiary/aromatic N) is 6. The van der Waals surface area contributed by atoms with Crippen molar-refractivity contribution in [2.24, 2.45) is 0 Å². The highest BCUT2D eigenvalue weighted by Gasteiger charge is 2.21. The predicted molar refractivity (Wildman–Crippen MR) is 238 cm³/mol. The number of benzene rings is 6. The monoisotopic (exact) mass is 796 g/mol. The van der Waals surface area contributed by atoms with Crippen molar-refractivity contribution in [1.29, 1.82) is 0 Å². The van der Waals surface area contributed by atoms with Crippen molar-refractivity contribution in [3.8, 4) is 0 Å². The Hall–Kier alpha value is -6.71. The van der Waals surface area contributed by atoms with E-state index in [0.29, 0.717) is 0 Å². The predicted octanol–water partition coefficient (Wildman–Crippen LogP) is 11.9. The Morgan fingerprint density at radius 1 is 0.407 bits per heavy atom. The number of hydrogen-bond acceptors (Lipinski definition) is 6. The van der Waals surface area contributed by atoms with Gasteiger partial charge < -0.3 is 18.9 Å². The van der Waals surface area contributed by atoms with Gasteiger partial charge >= 0.3 is 0 Å². The molecule has 8 nitrogen and oxygen atoms in total. The number of hydrogen-bond donors (Lipinski definition) is 0. The van der Waals surface area contributed by atoms with E-state index < -0.39 is 9.84 Å². The molecule has 6 aromatic carbocycles. The van der Waals surface area contributed by atoms with E-state index in [1.807, 2.05) is 98.1 Å². The average Bonchev–Trinajstić information content (AvgIpc) is 4.02. The molecule has 9 heteroatoms. The van der Waals surface area contributed by atoms with Crippen LogP contribution in [0.15, 0.2) is 205 Å². The van der Waals surface area contributed by atoms with Gasteiger partial charge in [-0.15, -0.1) is 0 Å². The molecule has 0 aliphatic rings. The lowest BCUT2D eigenvalue weighted by atomic mass is 10.1. The van der Waals surface area contributed by atoms with Crippen molar-refractivity contribution in [3.05, 3.63) is 206 Å². The van der Waals surface area contributed by atoms with Crippen LogP contribution in [0.3, 0.4) is 0 Å². The van der Waals surface area contributed by atoms with Crippen LogP contribution in [0.5, 0.6) is 0 Å². The minimum atomic E-state index is -3.79. The number of sulfone groups is 1. The van der Waals surface area contributed by atoms with Crippen LogP contribution in [0, 0.1) is 0 Å². The molecule has 0 saturated carbocycles. The summed E-state index contributed by atoms with van der Waals surface area (Å²) in [7, 11) is -3.79. The Balaban J connectivity index is 0.969. The van der Waals surface area contributed by atoms with Crippen molar-refractivity contribution in [2.75, 3.05) is 9.80 Å². The number of rotatable bonds is 18. The molecule has 2 heterocycles. The van der Waals surface area contributed by atoms with Gasteiger partial charge in [-0.1, -0.05) is 60.7 Å². The maximum Gasteiger partial charge on any atom is 0.206 e. The summed E-state index contributed by atoms with van der Waals surface area (Å²) in [4.78, 5) is 13.1. The van der Waals surface area contributed by atoms with E-state index in [9.17, 15) is 8.42 Å². The number of imidazole rings is 2. The average molecular weight is 797 g/mol. The largest absolute Gasteiger partial charge is 0.337 e. The van der Waals surface area contributed by atoms with E-state index in [1.165, 1.54) is 11.1 Å². The molecule has 0 spiro atoms. The molecule has 0 radical (unpaired) electrons. The first-order chi connectivity index (χ1) is 29.0. The van der Waals surface area contributed by atoms with E-state index in [2.05, 4.69) is 102 Å². The van der Waals surface area contributed by atoms with Crippen molar-refractivity contribution >= 4 is 44.0 Å². The van der Waals surface area contributed by atoms with Crippen LogP contribution >= 0.6 is 0 Å². The summed E-state index contributed by atoms with van der Waals surface area (Å²) in [6.45, 7) is 1.93. The smallest absolute Gasteiger partial charge is 0.206 e. The number of aromatic nitrogens is 4. The summed E-state index contributed by atoms with van der Waals surface area (Å²) >= 11 is 0. The zero-order valence-corrected chi connectivity index (χ0v) is 33.9. The van der Waals surface area contributed by atoms with Gasteiger partial charge in [-0.2, -0.15) is 0 Å². The molecule has 0 bridgehead atoms. The second kappa shape index (κ2) is 18.7. The summed E-state index contributed by atoms with van der Waals surface area (Å²) < 4.78 is 32.4. The highest BCUT2D eigenvalue weighted by molar-refractivity contribution is 7.91. The van der Waals surface area contributed by atoms with Gasteiger partial charge in [0.05, 0.1) is 22.4 Å². The minimum absolute atomic E-state index is 0.244. The van der Waals surface area contributed by atoms with Crippen molar-refractivity contribution < 1.29 is 8.42 Å². The van der Waals surface area contributed by atoms with Crippen LogP contribution < -0.4 is 9.80 Å². The van der Waals surface area contributed by atoms with Crippen LogP contribution in [-0.4, -0.2) is 27.5 Å².